The summed E-state index contributed by atoms with van der Waals surface area (Å²) in [6.45, 7) is 4.63. The van der Waals surface area contributed by atoms with Crippen molar-refractivity contribution in [3.63, 3.8) is 0 Å². The highest BCUT2D eigenvalue weighted by Crippen LogP contribution is 2.22. The lowest BCUT2D eigenvalue weighted by Crippen LogP contribution is -2.52. The van der Waals surface area contributed by atoms with Gasteiger partial charge < -0.3 is 10.1 Å². The first kappa shape index (κ1) is 20.8. The second-order valence-corrected chi connectivity index (χ2v) is 6.92. The van der Waals surface area contributed by atoms with Crippen LogP contribution in [-0.4, -0.2) is 68.1 Å². The molecule has 7 nitrogen and oxygen atoms in total. The summed E-state index contributed by atoms with van der Waals surface area (Å²) in [5, 5.41) is 4.86. The fourth-order valence-corrected chi connectivity index (χ4v) is 3.46. The van der Waals surface area contributed by atoms with Gasteiger partial charge in [0.25, 0.3) is 0 Å². The van der Waals surface area contributed by atoms with Gasteiger partial charge in [0.05, 0.1) is 0 Å². The number of nitrogens with one attached hydrogen (secondary N) is 2. The fraction of sp³-hybridized carbons (Fsp3) is 0.364. The molecule has 2 aromatic rings. The van der Waals surface area contributed by atoms with Crippen molar-refractivity contribution in [3.05, 3.63) is 66.2 Å². The summed E-state index contributed by atoms with van der Waals surface area (Å²) in [7, 11) is 1.50. The maximum Gasteiger partial charge on any atom is 0.321 e. The monoisotopic (exact) mass is 396 g/mol. The first-order valence-corrected chi connectivity index (χ1v) is 9.89. The minimum atomic E-state index is -0.493. The Hall–Kier alpha value is -2.90. The molecule has 0 spiro atoms. The van der Waals surface area contributed by atoms with Crippen LogP contribution in [0, 0.1) is 0 Å². The quantitative estimate of drug-likeness (QED) is 0.748. The minimum absolute atomic E-state index is 0.309. The van der Waals surface area contributed by atoms with Crippen LogP contribution in [0.1, 0.15) is 11.6 Å². The van der Waals surface area contributed by atoms with Crippen molar-refractivity contribution in [2.24, 2.45) is 0 Å². The van der Waals surface area contributed by atoms with E-state index in [2.05, 4.69) is 20.4 Å². The van der Waals surface area contributed by atoms with Gasteiger partial charge in [-0.25, -0.2) is 4.79 Å². The SMILES string of the molecule is CNC(=O)NC(=O)[C@@H](c1ccccc1)N1CCN(CCOc2ccccc2)CC1. The van der Waals surface area contributed by atoms with E-state index in [1.807, 2.05) is 60.7 Å². The third-order valence-electron chi connectivity index (χ3n) is 5.02. The van der Waals surface area contributed by atoms with Crippen molar-refractivity contribution < 1.29 is 14.3 Å². The number of ether oxygens (including phenoxy) is 1. The van der Waals surface area contributed by atoms with Crippen molar-refractivity contribution in [1.29, 1.82) is 0 Å². The molecule has 2 aromatic carbocycles. The van der Waals surface area contributed by atoms with Crippen molar-refractivity contribution in [2.45, 2.75) is 6.04 Å². The van der Waals surface area contributed by atoms with E-state index in [9.17, 15) is 9.59 Å². The number of rotatable bonds is 7. The summed E-state index contributed by atoms with van der Waals surface area (Å²) in [5.41, 5.74) is 0.884. The number of piperazine rings is 1. The van der Waals surface area contributed by atoms with Crippen molar-refractivity contribution in [2.75, 3.05) is 46.4 Å². The van der Waals surface area contributed by atoms with Gasteiger partial charge in [0.1, 0.15) is 18.4 Å². The topological polar surface area (TPSA) is 73.9 Å². The van der Waals surface area contributed by atoms with Crippen LogP contribution in [0.5, 0.6) is 5.75 Å². The normalized spacial score (nSPS) is 16.0. The Morgan fingerprint density at radius 3 is 2.21 bits per heavy atom. The standard InChI is InChI=1S/C22H28N4O3/c1-23-22(28)24-21(27)20(18-8-4-2-5-9-18)26-14-12-25(13-15-26)16-17-29-19-10-6-3-7-11-19/h2-11,20H,12-17H2,1H3,(H2,23,24,27,28)/t20-/m1/s1. The van der Waals surface area contributed by atoms with Gasteiger partial charge in [-0.3, -0.25) is 19.9 Å². The van der Waals surface area contributed by atoms with Crippen LogP contribution in [0.3, 0.4) is 0 Å². The number of carbonyl (C=O) groups excluding carboxylic acids is 2. The van der Waals surface area contributed by atoms with Crippen molar-refractivity contribution in [1.82, 2.24) is 20.4 Å². The van der Waals surface area contributed by atoms with Gasteiger partial charge in [0.15, 0.2) is 0 Å². The summed E-state index contributed by atoms with van der Waals surface area (Å²) in [6.07, 6.45) is 0. The zero-order chi connectivity index (χ0) is 20.5. The summed E-state index contributed by atoms with van der Waals surface area (Å²) < 4.78 is 5.78. The van der Waals surface area contributed by atoms with E-state index >= 15 is 0 Å². The molecule has 0 saturated carbocycles. The molecule has 0 aliphatic carbocycles. The van der Waals surface area contributed by atoms with Crippen LogP contribution in [-0.2, 0) is 4.79 Å². The first-order valence-electron chi connectivity index (χ1n) is 9.89. The second-order valence-electron chi connectivity index (χ2n) is 6.92. The van der Waals surface area contributed by atoms with E-state index in [4.69, 9.17) is 4.74 Å². The van der Waals surface area contributed by atoms with Gasteiger partial charge in [0.2, 0.25) is 5.91 Å². The van der Waals surface area contributed by atoms with Crippen LogP contribution in [0.2, 0.25) is 0 Å². The third kappa shape index (κ3) is 6.04. The Morgan fingerprint density at radius 2 is 1.59 bits per heavy atom. The van der Waals surface area contributed by atoms with E-state index in [0.29, 0.717) is 6.61 Å². The van der Waals surface area contributed by atoms with Crippen LogP contribution < -0.4 is 15.4 Å². The first-order chi connectivity index (χ1) is 14.2. The molecule has 3 rings (SSSR count). The number of para-hydroxylation sites is 1. The molecule has 7 heteroatoms. The maximum absolute atomic E-state index is 12.8. The molecule has 154 valence electrons. The number of amides is 3. The Kier molecular flexibility index (Phi) is 7.61. The van der Waals surface area contributed by atoms with Crippen molar-refractivity contribution >= 4 is 11.9 Å². The molecule has 0 unspecified atom stereocenters. The van der Waals surface area contributed by atoms with Gasteiger partial charge >= 0.3 is 6.03 Å². The molecule has 1 aliphatic rings. The molecule has 1 saturated heterocycles. The van der Waals surface area contributed by atoms with E-state index in [0.717, 1.165) is 44.0 Å². The molecule has 3 amide bonds. The van der Waals surface area contributed by atoms with Gasteiger partial charge in [-0.1, -0.05) is 48.5 Å². The predicted octanol–water partition coefficient (Wildman–Crippen LogP) is 1.88. The number of benzene rings is 2. The Bertz CT molecular complexity index is 777. The highest BCUT2D eigenvalue weighted by Gasteiger charge is 2.31. The Morgan fingerprint density at radius 1 is 0.966 bits per heavy atom. The second kappa shape index (κ2) is 10.6. The summed E-state index contributed by atoms with van der Waals surface area (Å²) in [6, 6.07) is 18.4. The number of nitrogens with zero attached hydrogens (tertiary/aromatic N) is 2. The predicted molar refractivity (Wildman–Crippen MR) is 112 cm³/mol. The summed E-state index contributed by atoms with van der Waals surface area (Å²) in [5.74, 6) is 0.567. The number of urea groups is 1. The molecule has 2 N–H and O–H groups in total. The van der Waals surface area contributed by atoms with E-state index in [1.165, 1.54) is 7.05 Å². The lowest BCUT2D eigenvalue weighted by molar-refractivity contribution is -0.126. The summed E-state index contributed by atoms with van der Waals surface area (Å²) >= 11 is 0. The van der Waals surface area contributed by atoms with Gasteiger partial charge in [-0.15, -0.1) is 0 Å². The number of hydrogen-bond acceptors (Lipinski definition) is 5. The molecule has 1 fully saturated rings. The average Bonchev–Trinajstić information content (AvgIpc) is 2.76. The average molecular weight is 396 g/mol. The highest BCUT2D eigenvalue weighted by molar-refractivity contribution is 5.97. The smallest absolute Gasteiger partial charge is 0.321 e. The van der Waals surface area contributed by atoms with Crippen LogP contribution in [0.4, 0.5) is 4.79 Å². The lowest BCUT2D eigenvalue weighted by Gasteiger charge is -2.38. The zero-order valence-corrected chi connectivity index (χ0v) is 16.7. The van der Waals surface area contributed by atoms with Crippen LogP contribution >= 0.6 is 0 Å². The van der Waals surface area contributed by atoms with Crippen LogP contribution in [0.15, 0.2) is 60.7 Å². The maximum atomic E-state index is 12.8. The number of hydrogen-bond donors (Lipinski definition) is 2. The fourth-order valence-electron chi connectivity index (χ4n) is 3.46. The largest absolute Gasteiger partial charge is 0.492 e. The molecule has 1 atom stereocenters. The third-order valence-corrected chi connectivity index (χ3v) is 5.02. The minimum Gasteiger partial charge on any atom is -0.492 e. The molecular formula is C22H28N4O3. The number of imide groups is 1. The molecule has 0 bridgehead atoms. The molecule has 0 radical (unpaired) electrons. The Balaban J connectivity index is 1.55. The van der Waals surface area contributed by atoms with Crippen molar-refractivity contribution in [3.8, 4) is 5.75 Å². The summed E-state index contributed by atoms with van der Waals surface area (Å²) in [4.78, 5) is 28.9. The van der Waals surface area contributed by atoms with E-state index in [-0.39, 0.29) is 5.91 Å². The zero-order valence-electron chi connectivity index (χ0n) is 16.7. The van der Waals surface area contributed by atoms with E-state index in [1.54, 1.807) is 0 Å². The van der Waals surface area contributed by atoms with Gasteiger partial charge in [0, 0.05) is 39.8 Å². The van der Waals surface area contributed by atoms with Gasteiger partial charge in [-0.2, -0.15) is 0 Å². The molecule has 1 aliphatic heterocycles. The highest BCUT2D eigenvalue weighted by atomic mass is 16.5. The molecule has 0 aromatic heterocycles. The van der Waals surface area contributed by atoms with Gasteiger partial charge in [-0.05, 0) is 17.7 Å². The molecular weight excluding hydrogens is 368 g/mol. The number of carbonyl (C=O) groups is 2. The van der Waals surface area contributed by atoms with Crippen LogP contribution in [0.25, 0.3) is 0 Å². The Labute approximate surface area is 171 Å². The molecule has 29 heavy (non-hydrogen) atoms. The lowest BCUT2D eigenvalue weighted by atomic mass is 10.0. The molecule has 1 heterocycles. The van der Waals surface area contributed by atoms with E-state index < -0.39 is 12.1 Å².